The number of hydrogen-bond donors (Lipinski definition) is 1. The summed E-state index contributed by atoms with van der Waals surface area (Å²) < 4.78 is 1.81. The van der Waals surface area contributed by atoms with Crippen LogP contribution in [0.3, 0.4) is 0 Å². The van der Waals surface area contributed by atoms with E-state index in [0.717, 1.165) is 17.0 Å². The summed E-state index contributed by atoms with van der Waals surface area (Å²) in [6.45, 7) is 7.28. The lowest BCUT2D eigenvalue weighted by Crippen LogP contribution is -2.33. The topological polar surface area (TPSA) is 58.4 Å². The minimum atomic E-state index is 0.102. The summed E-state index contributed by atoms with van der Waals surface area (Å²) in [5, 5.41) is 13.1. The second kappa shape index (κ2) is 6.54. The van der Waals surface area contributed by atoms with Gasteiger partial charge in [0.05, 0.1) is 12.1 Å². The molecule has 0 aliphatic carbocycles. The van der Waals surface area contributed by atoms with Crippen LogP contribution < -0.4 is 0 Å². The number of nitrogens with zero attached hydrogens (tertiary/aromatic N) is 3. The molecule has 18 heavy (non-hydrogen) atoms. The third-order valence-electron chi connectivity index (χ3n) is 3.31. The summed E-state index contributed by atoms with van der Waals surface area (Å²) in [7, 11) is 1.89. The molecule has 1 aromatic rings. The number of carbonyl (C=O) groups excluding carboxylic acids is 1. The first kappa shape index (κ1) is 14.7. The summed E-state index contributed by atoms with van der Waals surface area (Å²) in [6, 6.07) is 0. The van der Waals surface area contributed by atoms with Gasteiger partial charge in [-0.15, -0.1) is 0 Å². The summed E-state index contributed by atoms with van der Waals surface area (Å²) in [6.07, 6.45) is 1.02. The molecule has 1 rings (SSSR count). The zero-order valence-corrected chi connectivity index (χ0v) is 11.7. The SMILES string of the molecule is CCN(CCCO)C(=O)Cc1c(C)nn(C)c1C. The van der Waals surface area contributed by atoms with Crippen molar-refractivity contribution < 1.29 is 9.90 Å². The van der Waals surface area contributed by atoms with Gasteiger partial charge in [-0.25, -0.2) is 0 Å². The van der Waals surface area contributed by atoms with Gasteiger partial charge in [0, 0.05) is 38.0 Å². The predicted molar refractivity (Wildman–Crippen MR) is 70.3 cm³/mol. The zero-order chi connectivity index (χ0) is 13.7. The molecule has 5 heteroatoms. The van der Waals surface area contributed by atoms with E-state index in [4.69, 9.17) is 5.11 Å². The van der Waals surface area contributed by atoms with E-state index in [9.17, 15) is 4.79 Å². The Kier molecular flexibility index (Phi) is 5.34. The maximum atomic E-state index is 12.2. The average Bonchev–Trinajstić information content (AvgIpc) is 2.57. The smallest absolute Gasteiger partial charge is 0.227 e. The Morgan fingerprint density at radius 2 is 2.11 bits per heavy atom. The first-order valence-corrected chi connectivity index (χ1v) is 6.39. The Labute approximate surface area is 108 Å². The van der Waals surface area contributed by atoms with Crippen molar-refractivity contribution in [2.24, 2.45) is 7.05 Å². The number of hydrogen-bond acceptors (Lipinski definition) is 3. The minimum Gasteiger partial charge on any atom is -0.396 e. The fourth-order valence-electron chi connectivity index (χ4n) is 2.06. The summed E-state index contributed by atoms with van der Waals surface area (Å²) >= 11 is 0. The lowest BCUT2D eigenvalue weighted by molar-refractivity contribution is -0.130. The fourth-order valence-corrected chi connectivity index (χ4v) is 2.06. The standard InChI is InChI=1S/C13H23N3O2/c1-5-16(7-6-8-17)13(18)9-12-10(2)14-15(4)11(12)3/h17H,5-9H2,1-4H3. The maximum Gasteiger partial charge on any atom is 0.227 e. The molecule has 0 fully saturated rings. The highest BCUT2D eigenvalue weighted by Gasteiger charge is 2.17. The number of aryl methyl sites for hydroxylation is 2. The van der Waals surface area contributed by atoms with E-state index >= 15 is 0 Å². The Bertz CT molecular complexity index is 413. The van der Waals surface area contributed by atoms with Crippen LogP contribution in [-0.4, -0.2) is 45.4 Å². The number of aliphatic hydroxyl groups excluding tert-OH is 1. The molecular weight excluding hydrogens is 230 g/mol. The van der Waals surface area contributed by atoms with Gasteiger partial charge in [0.25, 0.3) is 0 Å². The molecule has 0 aliphatic rings. The van der Waals surface area contributed by atoms with Crippen LogP contribution in [0.1, 0.15) is 30.3 Å². The van der Waals surface area contributed by atoms with E-state index in [1.165, 1.54) is 0 Å². The molecule has 0 aromatic carbocycles. The van der Waals surface area contributed by atoms with E-state index in [1.54, 1.807) is 4.90 Å². The van der Waals surface area contributed by atoms with Crippen molar-refractivity contribution in [3.05, 3.63) is 17.0 Å². The first-order valence-electron chi connectivity index (χ1n) is 6.39. The highest BCUT2D eigenvalue weighted by atomic mass is 16.3. The second-order valence-corrected chi connectivity index (χ2v) is 4.50. The van der Waals surface area contributed by atoms with Gasteiger partial charge in [0.2, 0.25) is 5.91 Å². The molecule has 1 N–H and O–H groups in total. The van der Waals surface area contributed by atoms with Crippen LogP contribution in [0.4, 0.5) is 0 Å². The van der Waals surface area contributed by atoms with Crippen molar-refractivity contribution in [2.75, 3.05) is 19.7 Å². The van der Waals surface area contributed by atoms with Gasteiger partial charge in [0.1, 0.15) is 0 Å². The maximum absolute atomic E-state index is 12.2. The van der Waals surface area contributed by atoms with Gasteiger partial charge >= 0.3 is 0 Å². The quantitative estimate of drug-likeness (QED) is 0.816. The Hall–Kier alpha value is -1.36. The zero-order valence-electron chi connectivity index (χ0n) is 11.7. The highest BCUT2D eigenvalue weighted by Crippen LogP contribution is 2.13. The highest BCUT2D eigenvalue weighted by molar-refractivity contribution is 5.79. The Morgan fingerprint density at radius 1 is 1.44 bits per heavy atom. The molecule has 102 valence electrons. The van der Waals surface area contributed by atoms with Crippen molar-refractivity contribution in [2.45, 2.75) is 33.6 Å². The van der Waals surface area contributed by atoms with E-state index in [2.05, 4.69) is 5.10 Å². The molecule has 0 unspecified atom stereocenters. The van der Waals surface area contributed by atoms with Crippen LogP contribution in [0.2, 0.25) is 0 Å². The molecule has 0 aliphatic heterocycles. The number of rotatable bonds is 6. The van der Waals surface area contributed by atoms with Gasteiger partial charge in [-0.3, -0.25) is 9.48 Å². The minimum absolute atomic E-state index is 0.102. The summed E-state index contributed by atoms with van der Waals surface area (Å²) in [5.41, 5.74) is 2.98. The van der Waals surface area contributed by atoms with Crippen LogP contribution in [0.15, 0.2) is 0 Å². The van der Waals surface area contributed by atoms with E-state index in [-0.39, 0.29) is 12.5 Å². The van der Waals surface area contributed by atoms with Crippen LogP contribution in [-0.2, 0) is 18.3 Å². The third-order valence-corrected chi connectivity index (χ3v) is 3.31. The van der Waals surface area contributed by atoms with Gasteiger partial charge < -0.3 is 10.0 Å². The van der Waals surface area contributed by atoms with Gasteiger partial charge in [0.15, 0.2) is 0 Å². The van der Waals surface area contributed by atoms with Crippen LogP contribution in [0.5, 0.6) is 0 Å². The van der Waals surface area contributed by atoms with Crippen molar-refractivity contribution in [1.82, 2.24) is 14.7 Å². The van der Waals surface area contributed by atoms with E-state index in [0.29, 0.717) is 25.9 Å². The molecule has 5 nitrogen and oxygen atoms in total. The van der Waals surface area contributed by atoms with Crippen molar-refractivity contribution in [1.29, 1.82) is 0 Å². The summed E-state index contributed by atoms with van der Waals surface area (Å²) in [4.78, 5) is 14.0. The largest absolute Gasteiger partial charge is 0.396 e. The molecule has 1 heterocycles. The van der Waals surface area contributed by atoms with Crippen LogP contribution in [0.25, 0.3) is 0 Å². The lowest BCUT2D eigenvalue weighted by atomic mass is 10.1. The lowest BCUT2D eigenvalue weighted by Gasteiger charge is -2.20. The number of carbonyl (C=O) groups is 1. The molecule has 1 amide bonds. The van der Waals surface area contributed by atoms with E-state index in [1.807, 2.05) is 32.5 Å². The molecule has 0 saturated heterocycles. The number of amides is 1. The number of aromatic nitrogens is 2. The summed E-state index contributed by atoms with van der Waals surface area (Å²) in [5.74, 6) is 0.102. The molecule has 0 radical (unpaired) electrons. The van der Waals surface area contributed by atoms with Crippen molar-refractivity contribution in [3.63, 3.8) is 0 Å². The van der Waals surface area contributed by atoms with Crippen LogP contribution >= 0.6 is 0 Å². The molecule has 0 atom stereocenters. The molecule has 0 saturated carbocycles. The number of likely N-dealkylation sites (N-methyl/N-ethyl adjacent to an activating group) is 1. The molecular formula is C13H23N3O2. The predicted octanol–water partition coefficient (Wildman–Crippen LogP) is 0.810. The normalized spacial score (nSPS) is 10.7. The molecule has 0 spiro atoms. The van der Waals surface area contributed by atoms with Gasteiger partial charge in [-0.05, 0) is 27.2 Å². The Balaban J connectivity index is 2.73. The van der Waals surface area contributed by atoms with Crippen LogP contribution in [0, 0.1) is 13.8 Å². The number of aliphatic hydroxyl groups is 1. The monoisotopic (exact) mass is 253 g/mol. The van der Waals surface area contributed by atoms with Gasteiger partial charge in [-0.1, -0.05) is 0 Å². The van der Waals surface area contributed by atoms with Crippen molar-refractivity contribution in [3.8, 4) is 0 Å². The van der Waals surface area contributed by atoms with E-state index < -0.39 is 0 Å². The molecule has 1 aromatic heterocycles. The van der Waals surface area contributed by atoms with Crippen molar-refractivity contribution >= 4 is 5.91 Å². The third kappa shape index (κ3) is 3.32. The van der Waals surface area contributed by atoms with Gasteiger partial charge in [-0.2, -0.15) is 5.10 Å². The fraction of sp³-hybridized carbons (Fsp3) is 0.692. The average molecular weight is 253 g/mol. The Morgan fingerprint density at radius 3 is 2.56 bits per heavy atom. The first-order chi connectivity index (χ1) is 8.51. The second-order valence-electron chi connectivity index (χ2n) is 4.50. The molecule has 0 bridgehead atoms.